The van der Waals surface area contributed by atoms with Crippen LogP contribution in [-0.4, -0.2) is 25.2 Å². The largest absolute Gasteiger partial charge is 0.468 e. The Labute approximate surface area is 124 Å². The van der Waals surface area contributed by atoms with Gasteiger partial charge in [-0.25, -0.2) is 0 Å². The number of hydrogen-bond acceptors (Lipinski definition) is 3. The van der Waals surface area contributed by atoms with Gasteiger partial charge in [-0.2, -0.15) is 0 Å². The number of hydrogen-bond donors (Lipinski definition) is 1. The molecule has 1 aliphatic rings. The maximum atomic E-state index is 12.0. The first kappa shape index (κ1) is 17.5. The van der Waals surface area contributed by atoms with Crippen molar-refractivity contribution in [3.63, 3.8) is 0 Å². The summed E-state index contributed by atoms with van der Waals surface area (Å²) in [7, 11) is 1.48. The van der Waals surface area contributed by atoms with E-state index in [0.717, 1.165) is 19.3 Å². The van der Waals surface area contributed by atoms with Gasteiger partial charge >= 0.3 is 5.97 Å². The maximum absolute atomic E-state index is 12.0. The second-order valence-corrected chi connectivity index (χ2v) is 8.16. The van der Waals surface area contributed by atoms with Crippen LogP contribution in [0.5, 0.6) is 0 Å². The van der Waals surface area contributed by atoms with Crippen molar-refractivity contribution in [2.75, 3.05) is 7.11 Å². The zero-order valence-electron chi connectivity index (χ0n) is 14.4. The van der Waals surface area contributed by atoms with E-state index in [1.54, 1.807) is 0 Å². The summed E-state index contributed by atoms with van der Waals surface area (Å²) < 4.78 is 4.98. The van der Waals surface area contributed by atoms with Gasteiger partial charge in [0.15, 0.2) is 0 Å². The van der Waals surface area contributed by atoms with E-state index in [2.05, 4.69) is 46.9 Å². The lowest BCUT2D eigenvalue weighted by molar-refractivity contribution is -0.145. The van der Waals surface area contributed by atoms with Crippen LogP contribution in [0.4, 0.5) is 0 Å². The predicted molar refractivity (Wildman–Crippen MR) is 83.6 cm³/mol. The summed E-state index contributed by atoms with van der Waals surface area (Å²) in [5, 5.41) is 3.59. The average Bonchev–Trinajstić information content (AvgIpc) is 2.30. The molecule has 118 valence electrons. The fourth-order valence-electron chi connectivity index (χ4n) is 4.05. The molecule has 1 fully saturated rings. The molecule has 0 bridgehead atoms. The zero-order valence-corrected chi connectivity index (χ0v) is 14.4. The van der Waals surface area contributed by atoms with Crippen LogP contribution in [0, 0.1) is 16.7 Å². The summed E-state index contributed by atoms with van der Waals surface area (Å²) in [6.07, 6.45) is 4.47. The first-order valence-electron chi connectivity index (χ1n) is 7.94. The molecule has 1 saturated carbocycles. The average molecular weight is 283 g/mol. The number of rotatable bonds is 5. The van der Waals surface area contributed by atoms with E-state index in [4.69, 9.17) is 4.74 Å². The molecule has 1 N–H and O–H groups in total. The van der Waals surface area contributed by atoms with Crippen molar-refractivity contribution in [1.29, 1.82) is 0 Å². The molecule has 0 aromatic heterocycles. The molecule has 0 aromatic rings. The quantitative estimate of drug-likeness (QED) is 0.781. The highest BCUT2D eigenvalue weighted by atomic mass is 16.5. The molecule has 0 heterocycles. The van der Waals surface area contributed by atoms with E-state index >= 15 is 0 Å². The molecule has 3 nitrogen and oxygen atoms in total. The number of carbonyl (C=O) groups excluding carboxylic acids is 1. The summed E-state index contributed by atoms with van der Waals surface area (Å²) in [6.45, 7) is 13.6. The second-order valence-electron chi connectivity index (χ2n) is 8.16. The Bertz CT molecular complexity index is 320. The van der Waals surface area contributed by atoms with Gasteiger partial charge in [-0.05, 0) is 36.0 Å². The summed E-state index contributed by atoms with van der Waals surface area (Å²) in [5.41, 5.74) is 0.658. The van der Waals surface area contributed by atoms with Crippen LogP contribution in [0.1, 0.15) is 67.2 Å². The number of esters is 1. The van der Waals surface area contributed by atoms with Crippen molar-refractivity contribution in [2.45, 2.75) is 79.3 Å². The molecule has 20 heavy (non-hydrogen) atoms. The normalized spacial score (nSPS) is 24.9. The van der Waals surface area contributed by atoms with E-state index in [1.807, 2.05) is 0 Å². The lowest BCUT2D eigenvalue weighted by atomic mass is 9.63. The smallest absolute Gasteiger partial charge is 0.323 e. The number of nitrogens with one attached hydrogen (secondary N) is 1. The standard InChI is InChI=1S/C17H33NO2/c1-8-12(2)14(15(19)20-7)18-13-9-16(3,4)11-17(5,6)10-13/h12-14,18H,8-11H2,1-7H3. The lowest BCUT2D eigenvalue weighted by Crippen LogP contribution is -2.52. The van der Waals surface area contributed by atoms with Crippen LogP contribution in [0.3, 0.4) is 0 Å². The highest BCUT2D eigenvalue weighted by molar-refractivity contribution is 5.76. The van der Waals surface area contributed by atoms with E-state index in [9.17, 15) is 4.79 Å². The molecule has 0 radical (unpaired) electrons. The van der Waals surface area contributed by atoms with Gasteiger partial charge in [-0.1, -0.05) is 48.0 Å². The van der Waals surface area contributed by atoms with Gasteiger partial charge in [0.25, 0.3) is 0 Å². The molecular formula is C17H33NO2. The Kier molecular flexibility index (Phi) is 5.65. The SMILES string of the molecule is CCC(C)C(NC1CC(C)(C)CC(C)(C)C1)C(=O)OC. The van der Waals surface area contributed by atoms with Gasteiger partial charge in [-0.15, -0.1) is 0 Å². The van der Waals surface area contributed by atoms with E-state index in [0.29, 0.717) is 22.8 Å². The van der Waals surface area contributed by atoms with Crippen LogP contribution in [-0.2, 0) is 9.53 Å². The van der Waals surface area contributed by atoms with Crippen LogP contribution in [0.15, 0.2) is 0 Å². The third kappa shape index (κ3) is 4.76. The Hall–Kier alpha value is -0.570. The van der Waals surface area contributed by atoms with Crippen molar-refractivity contribution in [2.24, 2.45) is 16.7 Å². The van der Waals surface area contributed by atoms with Crippen molar-refractivity contribution in [3.8, 4) is 0 Å². The summed E-state index contributed by atoms with van der Waals surface area (Å²) >= 11 is 0. The maximum Gasteiger partial charge on any atom is 0.323 e. The predicted octanol–water partition coefficient (Wildman–Crippen LogP) is 3.77. The van der Waals surface area contributed by atoms with Crippen molar-refractivity contribution in [1.82, 2.24) is 5.32 Å². The Morgan fingerprint density at radius 3 is 2.15 bits per heavy atom. The molecule has 1 rings (SSSR count). The van der Waals surface area contributed by atoms with Crippen LogP contribution in [0.2, 0.25) is 0 Å². The van der Waals surface area contributed by atoms with Crippen LogP contribution < -0.4 is 5.32 Å². The molecule has 1 aliphatic carbocycles. The minimum absolute atomic E-state index is 0.125. The van der Waals surface area contributed by atoms with Gasteiger partial charge < -0.3 is 10.1 Å². The molecule has 0 saturated heterocycles. The van der Waals surface area contributed by atoms with Gasteiger partial charge in [0, 0.05) is 6.04 Å². The van der Waals surface area contributed by atoms with Crippen LogP contribution in [0.25, 0.3) is 0 Å². The van der Waals surface area contributed by atoms with E-state index in [-0.39, 0.29) is 12.0 Å². The highest BCUT2D eigenvalue weighted by Crippen LogP contribution is 2.45. The summed E-state index contributed by atoms with van der Waals surface area (Å²) in [4.78, 5) is 12.0. The van der Waals surface area contributed by atoms with Gasteiger partial charge in [-0.3, -0.25) is 4.79 Å². The number of methoxy groups -OCH3 is 1. The number of carbonyl (C=O) groups is 1. The van der Waals surface area contributed by atoms with Gasteiger partial charge in [0.05, 0.1) is 7.11 Å². The monoisotopic (exact) mass is 283 g/mol. The Balaban J connectivity index is 2.80. The van der Waals surface area contributed by atoms with Crippen molar-refractivity contribution < 1.29 is 9.53 Å². The fraction of sp³-hybridized carbons (Fsp3) is 0.941. The lowest BCUT2D eigenvalue weighted by Gasteiger charge is -2.46. The molecular weight excluding hydrogens is 250 g/mol. The molecule has 0 spiro atoms. The third-order valence-electron chi connectivity index (χ3n) is 4.64. The Morgan fingerprint density at radius 2 is 1.75 bits per heavy atom. The summed E-state index contributed by atoms with van der Waals surface area (Å²) in [6, 6.07) is 0.214. The minimum atomic E-state index is -0.181. The molecule has 0 amide bonds. The minimum Gasteiger partial charge on any atom is -0.468 e. The first-order chi connectivity index (χ1) is 9.10. The molecule has 0 aromatic carbocycles. The van der Waals surface area contributed by atoms with Crippen LogP contribution >= 0.6 is 0 Å². The molecule has 2 unspecified atom stereocenters. The third-order valence-corrected chi connectivity index (χ3v) is 4.64. The molecule has 3 heteroatoms. The zero-order chi connectivity index (χ0) is 15.6. The van der Waals surface area contributed by atoms with Gasteiger partial charge in [0.1, 0.15) is 6.04 Å². The highest BCUT2D eigenvalue weighted by Gasteiger charge is 2.40. The fourth-order valence-corrected chi connectivity index (χ4v) is 4.05. The van der Waals surface area contributed by atoms with Crippen molar-refractivity contribution >= 4 is 5.97 Å². The topological polar surface area (TPSA) is 38.3 Å². The second kappa shape index (κ2) is 6.46. The molecule has 0 aliphatic heterocycles. The molecule has 2 atom stereocenters. The Morgan fingerprint density at radius 1 is 1.25 bits per heavy atom. The van der Waals surface area contributed by atoms with Crippen molar-refractivity contribution in [3.05, 3.63) is 0 Å². The van der Waals surface area contributed by atoms with E-state index in [1.165, 1.54) is 13.5 Å². The van der Waals surface area contributed by atoms with E-state index < -0.39 is 0 Å². The first-order valence-corrected chi connectivity index (χ1v) is 7.94. The summed E-state index contributed by atoms with van der Waals surface area (Å²) in [5.74, 6) is 0.177. The van der Waals surface area contributed by atoms with Gasteiger partial charge in [0.2, 0.25) is 0 Å². The number of ether oxygens (including phenoxy) is 1.